The van der Waals surface area contributed by atoms with E-state index in [1.165, 1.54) is 0 Å². The fourth-order valence-corrected chi connectivity index (χ4v) is 1.71. The number of hydrogen-bond acceptors (Lipinski definition) is 3. The first-order valence-corrected chi connectivity index (χ1v) is 4.84. The van der Waals surface area contributed by atoms with Gasteiger partial charge in [-0.1, -0.05) is 0 Å². The highest BCUT2D eigenvalue weighted by molar-refractivity contribution is 7.08. The Bertz CT molecular complexity index is 241. The van der Waals surface area contributed by atoms with E-state index in [0.717, 1.165) is 5.56 Å². The minimum absolute atomic E-state index is 0.0650. The molecule has 0 radical (unpaired) electrons. The first kappa shape index (κ1) is 9.42. The largest absolute Gasteiger partial charge is 0.366 e. The number of thiophene rings is 1. The van der Waals surface area contributed by atoms with Crippen LogP contribution < -0.4 is 0 Å². The van der Waals surface area contributed by atoms with Crippen LogP contribution in [0.5, 0.6) is 0 Å². The zero-order valence-electron chi connectivity index (χ0n) is 7.24. The zero-order chi connectivity index (χ0) is 8.97. The molecule has 1 aromatic heterocycles. The molecular weight excluding hydrogens is 172 g/mol. The van der Waals surface area contributed by atoms with Crippen molar-refractivity contribution in [2.24, 2.45) is 0 Å². The quantitative estimate of drug-likeness (QED) is 0.718. The monoisotopic (exact) mass is 184 g/mol. The first-order valence-electron chi connectivity index (χ1n) is 3.90. The van der Waals surface area contributed by atoms with E-state index in [1.807, 2.05) is 23.8 Å². The number of rotatable bonds is 4. The molecule has 0 bridgehead atoms. The van der Waals surface area contributed by atoms with Crippen molar-refractivity contribution >= 4 is 17.1 Å². The van der Waals surface area contributed by atoms with Crippen LogP contribution in [0.2, 0.25) is 0 Å². The zero-order valence-corrected chi connectivity index (χ0v) is 8.06. The van der Waals surface area contributed by atoms with Crippen molar-refractivity contribution in [1.82, 2.24) is 0 Å². The van der Waals surface area contributed by atoms with Gasteiger partial charge in [0.1, 0.15) is 6.10 Å². The molecule has 0 amide bonds. The average molecular weight is 184 g/mol. The van der Waals surface area contributed by atoms with Crippen LogP contribution >= 0.6 is 11.3 Å². The smallest absolute Gasteiger partial charge is 0.163 e. The van der Waals surface area contributed by atoms with E-state index >= 15 is 0 Å². The molecule has 1 heterocycles. The highest BCUT2D eigenvalue weighted by Gasteiger charge is 2.16. The molecule has 0 spiro atoms. The van der Waals surface area contributed by atoms with E-state index in [2.05, 4.69) is 0 Å². The number of carbonyl (C=O) groups is 1. The molecule has 2 nitrogen and oxygen atoms in total. The van der Waals surface area contributed by atoms with Gasteiger partial charge in [-0.15, -0.1) is 0 Å². The Balaban J connectivity index is 2.73. The standard InChI is InChI=1S/C9H12O2S/c1-3-11-9(7(2)10)8-4-5-12-6-8/h4-6,9H,3H2,1-2H3. The molecule has 0 aliphatic carbocycles. The maximum atomic E-state index is 11.1. The lowest BCUT2D eigenvalue weighted by Crippen LogP contribution is -2.11. The van der Waals surface area contributed by atoms with Crippen LogP contribution in [0.15, 0.2) is 16.8 Å². The van der Waals surface area contributed by atoms with Gasteiger partial charge >= 0.3 is 0 Å². The Morgan fingerprint density at radius 3 is 2.92 bits per heavy atom. The van der Waals surface area contributed by atoms with Gasteiger partial charge in [-0.25, -0.2) is 0 Å². The van der Waals surface area contributed by atoms with Crippen LogP contribution in [-0.2, 0) is 9.53 Å². The summed E-state index contributed by atoms with van der Waals surface area (Å²) in [5.74, 6) is 0.0650. The first-order chi connectivity index (χ1) is 5.75. The van der Waals surface area contributed by atoms with E-state index in [1.54, 1.807) is 18.3 Å². The van der Waals surface area contributed by atoms with E-state index in [-0.39, 0.29) is 11.9 Å². The number of ketones is 1. The Morgan fingerprint density at radius 2 is 2.50 bits per heavy atom. The molecule has 1 atom stereocenters. The van der Waals surface area contributed by atoms with Gasteiger partial charge in [0.15, 0.2) is 5.78 Å². The Kier molecular flexibility index (Phi) is 3.44. The topological polar surface area (TPSA) is 26.3 Å². The molecule has 1 rings (SSSR count). The summed E-state index contributed by atoms with van der Waals surface area (Å²) < 4.78 is 5.30. The third-order valence-corrected chi connectivity index (χ3v) is 2.25. The highest BCUT2D eigenvalue weighted by atomic mass is 32.1. The number of hydrogen-bond donors (Lipinski definition) is 0. The average Bonchev–Trinajstić information content (AvgIpc) is 2.51. The van der Waals surface area contributed by atoms with Gasteiger partial charge in [0.2, 0.25) is 0 Å². The summed E-state index contributed by atoms with van der Waals surface area (Å²) in [4.78, 5) is 11.1. The molecule has 1 unspecified atom stereocenters. The second-order valence-corrected chi connectivity index (χ2v) is 3.28. The van der Waals surface area contributed by atoms with Crippen LogP contribution in [0, 0.1) is 0 Å². The molecule has 66 valence electrons. The van der Waals surface area contributed by atoms with Crippen LogP contribution in [0.25, 0.3) is 0 Å². The van der Waals surface area contributed by atoms with Crippen LogP contribution in [0.4, 0.5) is 0 Å². The molecule has 0 aliphatic heterocycles. The fraction of sp³-hybridized carbons (Fsp3) is 0.444. The predicted octanol–water partition coefficient (Wildman–Crippen LogP) is 2.41. The molecule has 12 heavy (non-hydrogen) atoms. The van der Waals surface area contributed by atoms with Gasteiger partial charge in [-0.2, -0.15) is 11.3 Å². The molecule has 1 aromatic rings. The molecule has 0 fully saturated rings. The minimum Gasteiger partial charge on any atom is -0.366 e. The Hall–Kier alpha value is -0.670. The van der Waals surface area contributed by atoms with Crippen molar-refractivity contribution in [3.8, 4) is 0 Å². The van der Waals surface area contributed by atoms with Gasteiger partial charge in [0, 0.05) is 6.61 Å². The second-order valence-electron chi connectivity index (χ2n) is 2.50. The third-order valence-electron chi connectivity index (χ3n) is 1.55. The van der Waals surface area contributed by atoms with Crippen molar-refractivity contribution in [2.75, 3.05) is 6.61 Å². The molecule has 0 saturated carbocycles. The molecule has 0 saturated heterocycles. The summed E-state index contributed by atoms with van der Waals surface area (Å²) in [6.07, 6.45) is -0.360. The molecule has 0 aliphatic rings. The van der Waals surface area contributed by atoms with Crippen molar-refractivity contribution in [1.29, 1.82) is 0 Å². The van der Waals surface area contributed by atoms with Crippen molar-refractivity contribution in [3.05, 3.63) is 22.4 Å². The normalized spacial score (nSPS) is 12.8. The number of Topliss-reactive ketones (excluding diaryl/α,β-unsaturated/α-hetero) is 1. The summed E-state index contributed by atoms with van der Waals surface area (Å²) >= 11 is 1.58. The van der Waals surface area contributed by atoms with Crippen molar-refractivity contribution in [3.63, 3.8) is 0 Å². The third kappa shape index (κ3) is 2.16. The van der Waals surface area contributed by atoms with Gasteiger partial charge in [-0.05, 0) is 36.2 Å². The van der Waals surface area contributed by atoms with Crippen LogP contribution in [-0.4, -0.2) is 12.4 Å². The number of ether oxygens (including phenoxy) is 1. The SMILES string of the molecule is CCOC(C(C)=O)c1ccsc1. The summed E-state index contributed by atoms with van der Waals surface area (Å²) in [5.41, 5.74) is 0.967. The fourth-order valence-electron chi connectivity index (χ4n) is 1.04. The van der Waals surface area contributed by atoms with E-state index < -0.39 is 0 Å². The Labute approximate surface area is 76.2 Å². The van der Waals surface area contributed by atoms with E-state index in [4.69, 9.17) is 4.74 Å². The number of carbonyl (C=O) groups excluding carboxylic acids is 1. The summed E-state index contributed by atoms with van der Waals surface area (Å²) in [6.45, 7) is 4.01. The highest BCUT2D eigenvalue weighted by Crippen LogP contribution is 2.20. The lowest BCUT2D eigenvalue weighted by molar-refractivity contribution is -0.128. The summed E-state index contributed by atoms with van der Waals surface area (Å²) in [5, 5.41) is 3.89. The van der Waals surface area contributed by atoms with E-state index in [9.17, 15) is 4.79 Å². The van der Waals surface area contributed by atoms with Gasteiger partial charge < -0.3 is 4.74 Å². The lowest BCUT2D eigenvalue weighted by Gasteiger charge is -2.11. The van der Waals surface area contributed by atoms with Crippen LogP contribution in [0.3, 0.4) is 0 Å². The van der Waals surface area contributed by atoms with Gasteiger partial charge in [-0.3, -0.25) is 4.79 Å². The second kappa shape index (κ2) is 4.38. The molecule has 0 N–H and O–H groups in total. The summed E-state index contributed by atoms with van der Waals surface area (Å²) in [6, 6.07) is 1.92. The van der Waals surface area contributed by atoms with E-state index in [0.29, 0.717) is 6.61 Å². The summed E-state index contributed by atoms with van der Waals surface area (Å²) in [7, 11) is 0. The molecule has 3 heteroatoms. The van der Waals surface area contributed by atoms with Crippen LogP contribution in [0.1, 0.15) is 25.5 Å². The molecule has 0 aromatic carbocycles. The van der Waals surface area contributed by atoms with Crippen molar-refractivity contribution < 1.29 is 9.53 Å². The molecular formula is C9H12O2S. The minimum atomic E-state index is -0.360. The lowest BCUT2D eigenvalue weighted by atomic mass is 10.1. The maximum Gasteiger partial charge on any atom is 0.163 e. The van der Waals surface area contributed by atoms with Gasteiger partial charge in [0.25, 0.3) is 0 Å². The predicted molar refractivity (Wildman–Crippen MR) is 49.4 cm³/mol. The maximum absolute atomic E-state index is 11.1. The Morgan fingerprint density at radius 1 is 1.75 bits per heavy atom. The van der Waals surface area contributed by atoms with Crippen molar-refractivity contribution in [2.45, 2.75) is 20.0 Å². The van der Waals surface area contributed by atoms with Gasteiger partial charge in [0.05, 0.1) is 0 Å².